The van der Waals surface area contributed by atoms with Gasteiger partial charge in [-0.1, -0.05) is 0 Å². The molecule has 0 bridgehead atoms. The van der Waals surface area contributed by atoms with Gasteiger partial charge in [0.25, 0.3) is 5.56 Å². The van der Waals surface area contributed by atoms with E-state index in [4.69, 9.17) is 0 Å². The van der Waals surface area contributed by atoms with Crippen LogP contribution in [0.1, 0.15) is 12.6 Å². The Morgan fingerprint density at radius 3 is 2.56 bits per heavy atom. The van der Waals surface area contributed by atoms with E-state index in [0.717, 1.165) is 12.2 Å². The van der Waals surface area contributed by atoms with Crippen molar-refractivity contribution in [2.75, 3.05) is 0 Å². The van der Waals surface area contributed by atoms with Gasteiger partial charge in [0.15, 0.2) is 5.69 Å². The molecule has 0 amide bonds. The van der Waals surface area contributed by atoms with E-state index in [9.17, 15) is 4.79 Å². The van der Waals surface area contributed by atoms with Gasteiger partial charge in [-0.05, 0) is 13.8 Å². The molecule has 0 spiro atoms. The summed E-state index contributed by atoms with van der Waals surface area (Å²) >= 11 is 0. The molecule has 18 heavy (non-hydrogen) atoms. The summed E-state index contributed by atoms with van der Waals surface area (Å²) in [7, 11) is 3.50. The fraction of sp³-hybridized carbons (Fsp3) is 0.455. The Balaban J connectivity index is 2.41. The van der Waals surface area contributed by atoms with Crippen molar-refractivity contribution < 1.29 is 0 Å². The average Bonchev–Trinajstić information content (AvgIpc) is 2.89. The lowest BCUT2D eigenvalue weighted by Gasteiger charge is -1.99. The monoisotopic (exact) mass is 248 g/mol. The SMILES string of the molecule is CCn1ccnc1N=Nc1c(C)n(C)n(C)c1=O. The lowest BCUT2D eigenvalue weighted by molar-refractivity contribution is 0.567. The fourth-order valence-electron chi connectivity index (χ4n) is 1.68. The van der Waals surface area contributed by atoms with Crippen LogP contribution < -0.4 is 5.56 Å². The smallest absolute Gasteiger partial charge is 0.294 e. The molecule has 2 aromatic heterocycles. The molecule has 0 aromatic carbocycles. The third kappa shape index (κ3) is 1.87. The van der Waals surface area contributed by atoms with Crippen molar-refractivity contribution in [2.45, 2.75) is 20.4 Å². The van der Waals surface area contributed by atoms with Crippen LogP contribution in [0.25, 0.3) is 0 Å². The van der Waals surface area contributed by atoms with Crippen LogP contribution in [0.5, 0.6) is 0 Å². The molecular formula is C11H16N6O. The Bertz CT molecular complexity index is 645. The van der Waals surface area contributed by atoms with Crippen LogP contribution in [0.3, 0.4) is 0 Å². The van der Waals surface area contributed by atoms with Gasteiger partial charge in [-0.3, -0.25) is 14.2 Å². The minimum absolute atomic E-state index is 0.159. The van der Waals surface area contributed by atoms with Crippen molar-refractivity contribution >= 4 is 11.6 Å². The van der Waals surface area contributed by atoms with E-state index < -0.39 is 0 Å². The molecule has 0 radical (unpaired) electrons. The zero-order chi connectivity index (χ0) is 13.3. The van der Waals surface area contributed by atoms with Gasteiger partial charge in [0.1, 0.15) is 0 Å². The van der Waals surface area contributed by atoms with Crippen LogP contribution in [0.2, 0.25) is 0 Å². The highest BCUT2D eigenvalue weighted by Crippen LogP contribution is 2.17. The Labute approximate surface area is 104 Å². The third-order valence-corrected chi connectivity index (χ3v) is 3.05. The second-order valence-corrected chi connectivity index (χ2v) is 4.00. The molecule has 0 N–H and O–H groups in total. The van der Waals surface area contributed by atoms with Crippen molar-refractivity contribution in [2.24, 2.45) is 24.3 Å². The van der Waals surface area contributed by atoms with Gasteiger partial charge >= 0.3 is 0 Å². The summed E-state index contributed by atoms with van der Waals surface area (Å²) in [5, 5.41) is 8.06. The van der Waals surface area contributed by atoms with Crippen molar-refractivity contribution in [3.8, 4) is 0 Å². The first-order valence-corrected chi connectivity index (χ1v) is 5.71. The Morgan fingerprint density at radius 2 is 2.00 bits per heavy atom. The van der Waals surface area contributed by atoms with E-state index in [-0.39, 0.29) is 5.56 Å². The zero-order valence-electron chi connectivity index (χ0n) is 11.0. The minimum atomic E-state index is -0.159. The highest BCUT2D eigenvalue weighted by atomic mass is 16.1. The Hall–Kier alpha value is -2.18. The molecule has 0 unspecified atom stereocenters. The summed E-state index contributed by atoms with van der Waals surface area (Å²) < 4.78 is 5.09. The largest absolute Gasteiger partial charge is 0.315 e. The molecule has 7 nitrogen and oxygen atoms in total. The number of aryl methyl sites for hydroxylation is 1. The second kappa shape index (κ2) is 4.59. The van der Waals surface area contributed by atoms with Crippen molar-refractivity contribution in [1.82, 2.24) is 18.9 Å². The fourth-order valence-corrected chi connectivity index (χ4v) is 1.68. The number of azo groups is 1. The zero-order valence-corrected chi connectivity index (χ0v) is 11.0. The van der Waals surface area contributed by atoms with E-state index in [1.54, 1.807) is 17.9 Å². The molecule has 2 aromatic rings. The average molecular weight is 248 g/mol. The maximum absolute atomic E-state index is 11.9. The van der Waals surface area contributed by atoms with Crippen LogP contribution in [-0.4, -0.2) is 18.9 Å². The van der Waals surface area contributed by atoms with Gasteiger partial charge in [-0.2, -0.15) is 0 Å². The molecule has 0 aliphatic carbocycles. The maximum atomic E-state index is 11.9. The highest BCUT2D eigenvalue weighted by Gasteiger charge is 2.11. The van der Waals surface area contributed by atoms with Crippen LogP contribution in [0.4, 0.5) is 11.6 Å². The van der Waals surface area contributed by atoms with Gasteiger partial charge in [-0.15, -0.1) is 10.2 Å². The van der Waals surface area contributed by atoms with Crippen LogP contribution in [-0.2, 0) is 20.6 Å². The van der Waals surface area contributed by atoms with Gasteiger partial charge in [-0.25, -0.2) is 4.98 Å². The molecule has 0 atom stereocenters. The number of imidazole rings is 1. The molecule has 7 heteroatoms. The van der Waals surface area contributed by atoms with Crippen molar-refractivity contribution in [3.05, 3.63) is 28.4 Å². The quantitative estimate of drug-likeness (QED) is 0.775. The summed E-state index contributed by atoms with van der Waals surface area (Å²) in [6.45, 7) is 4.59. The number of rotatable bonds is 3. The molecule has 2 rings (SSSR count). The van der Waals surface area contributed by atoms with E-state index in [0.29, 0.717) is 11.6 Å². The van der Waals surface area contributed by atoms with Crippen LogP contribution in [0, 0.1) is 6.92 Å². The summed E-state index contributed by atoms with van der Waals surface area (Å²) in [6, 6.07) is 0. The van der Waals surface area contributed by atoms with E-state index in [1.165, 1.54) is 4.68 Å². The third-order valence-electron chi connectivity index (χ3n) is 3.05. The molecule has 0 aliphatic heterocycles. The Kier molecular flexibility index (Phi) is 3.14. The normalized spacial score (nSPS) is 11.6. The molecule has 0 fully saturated rings. The maximum Gasteiger partial charge on any atom is 0.294 e. The van der Waals surface area contributed by atoms with E-state index >= 15 is 0 Å². The van der Waals surface area contributed by atoms with Crippen LogP contribution >= 0.6 is 0 Å². The summed E-state index contributed by atoms with van der Waals surface area (Å²) in [4.78, 5) is 16.0. The standard InChI is InChI=1S/C11H16N6O/c1-5-17-7-6-12-11(17)14-13-9-8(2)15(3)16(4)10(9)18/h6-7H,5H2,1-4H3. The predicted octanol–water partition coefficient (Wildman–Crippen LogP) is 1.66. The summed E-state index contributed by atoms with van der Waals surface area (Å²) in [5.41, 5.74) is 0.972. The van der Waals surface area contributed by atoms with Gasteiger partial charge < -0.3 is 4.57 Å². The molecule has 2 heterocycles. The molecular weight excluding hydrogens is 232 g/mol. The Morgan fingerprint density at radius 1 is 1.28 bits per heavy atom. The minimum Gasteiger partial charge on any atom is -0.315 e. The number of hydrogen-bond acceptors (Lipinski definition) is 4. The highest BCUT2D eigenvalue weighted by molar-refractivity contribution is 5.39. The first kappa shape index (κ1) is 12.3. The van der Waals surface area contributed by atoms with E-state index in [1.807, 2.05) is 31.7 Å². The predicted molar refractivity (Wildman–Crippen MR) is 67.5 cm³/mol. The molecule has 0 saturated heterocycles. The number of nitrogens with zero attached hydrogens (tertiary/aromatic N) is 6. The summed E-state index contributed by atoms with van der Waals surface area (Å²) in [6.07, 6.45) is 3.48. The first-order chi connectivity index (χ1) is 8.56. The van der Waals surface area contributed by atoms with Crippen molar-refractivity contribution in [1.29, 1.82) is 0 Å². The lowest BCUT2D eigenvalue weighted by atomic mass is 10.4. The first-order valence-electron chi connectivity index (χ1n) is 5.71. The second-order valence-electron chi connectivity index (χ2n) is 4.00. The lowest BCUT2D eigenvalue weighted by Crippen LogP contribution is -2.16. The molecule has 0 aliphatic rings. The van der Waals surface area contributed by atoms with Gasteiger partial charge in [0.05, 0.1) is 5.69 Å². The molecule has 96 valence electrons. The number of aromatic nitrogens is 4. The molecule has 0 saturated carbocycles. The van der Waals surface area contributed by atoms with Gasteiger partial charge in [0.2, 0.25) is 5.95 Å². The number of hydrogen-bond donors (Lipinski definition) is 0. The van der Waals surface area contributed by atoms with E-state index in [2.05, 4.69) is 15.2 Å². The van der Waals surface area contributed by atoms with Crippen molar-refractivity contribution in [3.63, 3.8) is 0 Å². The summed E-state index contributed by atoms with van der Waals surface area (Å²) in [5.74, 6) is 0.503. The van der Waals surface area contributed by atoms with Crippen LogP contribution in [0.15, 0.2) is 27.4 Å². The van der Waals surface area contributed by atoms with Gasteiger partial charge in [0, 0.05) is 33.0 Å². The topological polar surface area (TPSA) is 69.5 Å².